The van der Waals surface area contributed by atoms with Crippen LogP contribution in [0.2, 0.25) is 0 Å². The van der Waals surface area contributed by atoms with Gasteiger partial charge in [-0.3, -0.25) is 0 Å². The smallest absolute Gasteiger partial charge is 0.0623 e. The van der Waals surface area contributed by atoms with Gasteiger partial charge in [0.05, 0.1) is 5.60 Å². The zero-order chi connectivity index (χ0) is 13.2. The summed E-state index contributed by atoms with van der Waals surface area (Å²) in [5.74, 6) is 0. The molecule has 0 aromatic rings. The Morgan fingerprint density at radius 1 is 1.12 bits per heavy atom. The highest BCUT2D eigenvalue weighted by Gasteiger charge is 2.38. The fraction of sp³-hybridized carbons (Fsp3) is 1.00. The molecule has 2 nitrogen and oxygen atoms in total. The maximum absolute atomic E-state index is 6.06. The zero-order valence-electron chi connectivity index (χ0n) is 12.4. The Balaban J connectivity index is 2.54. The van der Waals surface area contributed by atoms with Crippen molar-refractivity contribution < 1.29 is 4.74 Å². The van der Waals surface area contributed by atoms with Gasteiger partial charge in [-0.05, 0) is 69.7 Å². The summed E-state index contributed by atoms with van der Waals surface area (Å²) in [5.41, 5.74) is 6.96. The van der Waals surface area contributed by atoms with Gasteiger partial charge in [0.15, 0.2) is 0 Å². The number of hydrogen-bond acceptors (Lipinski definition) is 2. The van der Waals surface area contributed by atoms with Crippen LogP contribution >= 0.6 is 0 Å². The maximum Gasteiger partial charge on any atom is 0.0623 e. The summed E-state index contributed by atoms with van der Waals surface area (Å²) < 4.78 is 5.52. The molecule has 102 valence electrons. The Morgan fingerprint density at radius 3 is 2.06 bits per heavy atom. The normalized spacial score (nSPS) is 23.6. The van der Waals surface area contributed by atoms with Gasteiger partial charge in [0, 0.05) is 7.11 Å². The van der Waals surface area contributed by atoms with Gasteiger partial charge in [0.1, 0.15) is 0 Å². The highest BCUT2D eigenvalue weighted by Crippen LogP contribution is 2.47. The molecule has 0 spiro atoms. The third-order valence-corrected chi connectivity index (χ3v) is 4.91. The summed E-state index contributed by atoms with van der Waals surface area (Å²) in [4.78, 5) is 0. The molecule has 0 amide bonds. The molecular weight excluding hydrogens is 210 g/mol. The van der Waals surface area contributed by atoms with Gasteiger partial charge in [0.2, 0.25) is 0 Å². The van der Waals surface area contributed by atoms with Crippen molar-refractivity contribution in [2.45, 2.75) is 71.8 Å². The summed E-state index contributed by atoms with van der Waals surface area (Å²) in [5, 5.41) is 0. The van der Waals surface area contributed by atoms with E-state index in [1.165, 1.54) is 32.1 Å². The maximum atomic E-state index is 6.06. The van der Waals surface area contributed by atoms with E-state index in [2.05, 4.69) is 27.7 Å². The van der Waals surface area contributed by atoms with Crippen molar-refractivity contribution in [2.75, 3.05) is 13.7 Å². The Labute approximate surface area is 107 Å². The van der Waals surface area contributed by atoms with Crippen LogP contribution in [-0.2, 0) is 4.74 Å². The van der Waals surface area contributed by atoms with Crippen LogP contribution in [0, 0.1) is 10.8 Å². The fourth-order valence-corrected chi connectivity index (χ4v) is 2.68. The number of rotatable bonds is 5. The Hall–Kier alpha value is -0.0800. The predicted molar refractivity (Wildman–Crippen MR) is 74.1 cm³/mol. The molecule has 0 aliphatic heterocycles. The monoisotopic (exact) mass is 241 g/mol. The molecule has 0 bridgehead atoms. The number of methoxy groups -OCH3 is 1. The minimum absolute atomic E-state index is 0.00483. The molecule has 0 unspecified atom stereocenters. The zero-order valence-corrected chi connectivity index (χ0v) is 12.4. The Bertz CT molecular complexity index is 235. The van der Waals surface area contributed by atoms with Crippen LogP contribution in [0.5, 0.6) is 0 Å². The molecule has 0 radical (unpaired) electrons. The summed E-state index contributed by atoms with van der Waals surface area (Å²) in [6, 6.07) is 0. The summed E-state index contributed by atoms with van der Waals surface area (Å²) in [6.45, 7) is 9.94. The number of ether oxygens (including phenoxy) is 1. The van der Waals surface area contributed by atoms with E-state index in [9.17, 15) is 0 Å². The van der Waals surface area contributed by atoms with E-state index in [0.29, 0.717) is 10.8 Å². The third-order valence-electron chi connectivity index (χ3n) is 4.91. The molecule has 17 heavy (non-hydrogen) atoms. The van der Waals surface area contributed by atoms with Crippen molar-refractivity contribution in [2.24, 2.45) is 16.6 Å². The second kappa shape index (κ2) is 5.27. The van der Waals surface area contributed by atoms with Crippen molar-refractivity contribution in [1.29, 1.82) is 0 Å². The molecule has 1 aliphatic carbocycles. The van der Waals surface area contributed by atoms with Crippen LogP contribution in [0.4, 0.5) is 0 Å². The largest absolute Gasteiger partial charge is 0.379 e. The van der Waals surface area contributed by atoms with E-state index in [0.717, 1.165) is 13.0 Å². The van der Waals surface area contributed by atoms with E-state index >= 15 is 0 Å². The first kappa shape index (κ1) is 15.0. The summed E-state index contributed by atoms with van der Waals surface area (Å²) in [6.07, 6.45) is 7.53. The average Bonchev–Trinajstić information content (AvgIpc) is 2.29. The Morgan fingerprint density at radius 2 is 1.65 bits per heavy atom. The standard InChI is InChI=1S/C15H31NO/c1-13(2)6-9-15(12-16,10-7-13)11-8-14(3,4)17-5/h6-12,16H2,1-5H3. The van der Waals surface area contributed by atoms with Crippen molar-refractivity contribution in [1.82, 2.24) is 0 Å². The second-order valence-corrected chi connectivity index (χ2v) is 7.33. The Kier molecular flexibility index (Phi) is 4.65. The topological polar surface area (TPSA) is 35.2 Å². The molecule has 0 saturated heterocycles. The summed E-state index contributed by atoms with van der Waals surface area (Å²) in [7, 11) is 1.80. The molecule has 1 fully saturated rings. The molecule has 0 aromatic carbocycles. The lowest BCUT2D eigenvalue weighted by atomic mass is 9.63. The molecular formula is C15H31NO. The van der Waals surface area contributed by atoms with Crippen LogP contribution in [0.15, 0.2) is 0 Å². The highest BCUT2D eigenvalue weighted by atomic mass is 16.5. The van der Waals surface area contributed by atoms with E-state index in [1.54, 1.807) is 7.11 Å². The van der Waals surface area contributed by atoms with E-state index in [1.807, 2.05) is 0 Å². The summed E-state index contributed by atoms with van der Waals surface area (Å²) >= 11 is 0. The average molecular weight is 241 g/mol. The van der Waals surface area contributed by atoms with Crippen molar-refractivity contribution >= 4 is 0 Å². The van der Waals surface area contributed by atoms with Crippen molar-refractivity contribution in [3.05, 3.63) is 0 Å². The minimum Gasteiger partial charge on any atom is -0.379 e. The molecule has 1 aliphatic rings. The first-order valence-corrected chi connectivity index (χ1v) is 7.00. The molecule has 0 aromatic heterocycles. The first-order valence-electron chi connectivity index (χ1n) is 7.00. The highest BCUT2D eigenvalue weighted by molar-refractivity contribution is 4.91. The van der Waals surface area contributed by atoms with Crippen molar-refractivity contribution in [3.63, 3.8) is 0 Å². The molecule has 2 heteroatoms. The molecule has 0 heterocycles. The van der Waals surface area contributed by atoms with Crippen LogP contribution in [0.3, 0.4) is 0 Å². The molecule has 2 N–H and O–H groups in total. The lowest BCUT2D eigenvalue weighted by molar-refractivity contribution is -0.00485. The van der Waals surface area contributed by atoms with E-state index in [-0.39, 0.29) is 5.60 Å². The van der Waals surface area contributed by atoms with Crippen LogP contribution in [0.1, 0.15) is 66.2 Å². The quantitative estimate of drug-likeness (QED) is 0.796. The molecule has 1 saturated carbocycles. The minimum atomic E-state index is -0.00483. The number of nitrogens with two attached hydrogens (primary N) is 1. The molecule has 0 atom stereocenters. The van der Waals surface area contributed by atoms with Gasteiger partial charge < -0.3 is 10.5 Å². The van der Waals surface area contributed by atoms with Gasteiger partial charge in [-0.2, -0.15) is 0 Å². The second-order valence-electron chi connectivity index (χ2n) is 7.33. The SMILES string of the molecule is COC(C)(C)CCC1(CN)CCC(C)(C)CC1. The predicted octanol–water partition coefficient (Wildman–Crippen LogP) is 3.74. The third kappa shape index (κ3) is 4.26. The first-order chi connectivity index (χ1) is 7.74. The van der Waals surface area contributed by atoms with E-state index in [4.69, 9.17) is 10.5 Å². The van der Waals surface area contributed by atoms with Crippen LogP contribution < -0.4 is 5.73 Å². The number of hydrogen-bond donors (Lipinski definition) is 1. The molecule has 1 rings (SSSR count). The van der Waals surface area contributed by atoms with Crippen molar-refractivity contribution in [3.8, 4) is 0 Å². The van der Waals surface area contributed by atoms with Crippen LogP contribution in [0.25, 0.3) is 0 Å². The van der Waals surface area contributed by atoms with Crippen LogP contribution in [-0.4, -0.2) is 19.3 Å². The van der Waals surface area contributed by atoms with Gasteiger partial charge >= 0.3 is 0 Å². The van der Waals surface area contributed by atoms with Gasteiger partial charge in [-0.25, -0.2) is 0 Å². The lowest BCUT2D eigenvalue weighted by Gasteiger charge is -2.44. The lowest BCUT2D eigenvalue weighted by Crippen LogP contribution is -2.39. The van der Waals surface area contributed by atoms with Gasteiger partial charge in [0.25, 0.3) is 0 Å². The van der Waals surface area contributed by atoms with Gasteiger partial charge in [-0.15, -0.1) is 0 Å². The van der Waals surface area contributed by atoms with E-state index < -0.39 is 0 Å². The fourth-order valence-electron chi connectivity index (χ4n) is 2.68. The van der Waals surface area contributed by atoms with Gasteiger partial charge in [-0.1, -0.05) is 13.8 Å².